The van der Waals surface area contributed by atoms with Gasteiger partial charge >= 0.3 is 5.97 Å². The highest BCUT2D eigenvalue weighted by Gasteiger charge is 2.18. The molecule has 0 aliphatic rings. The molecule has 116 valence electrons. The van der Waals surface area contributed by atoms with Gasteiger partial charge in [0.15, 0.2) is 0 Å². The zero-order valence-electron chi connectivity index (χ0n) is 11.4. The van der Waals surface area contributed by atoms with Crippen LogP contribution in [0.1, 0.15) is 10.4 Å². The lowest BCUT2D eigenvalue weighted by molar-refractivity contribution is -0.384. The average Bonchev–Trinajstić information content (AvgIpc) is 2.38. The third kappa shape index (κ3) is 4.39. The van der Waals surface area contributed by atoms with E-state index in [4.69, 9.17) is 5.11 Å². The minimum absolute atomic E-state index is 0.0340. The second kappa shape index (κ2) is 6.50. The van der Waals surface area contributed by atoms with Gasteiger partial charge in [0.25, 0.3) is 5.69 Å². The summed E-state index contributed by atoms with van der Waals surface area (Å²) in [5.41, 5.74) is -0.565. The van der Waals surface area contributed by atoms with E-state index in [2.05, 4.69) is 5.32 Å². The highest BCUT2D eigenvalue weighted by molar-refractivity contribution is 7.89. The van der Waals surface area contributed by atoms with E-state index in [0.29, 0.717) is 0 Å². The SMILES string of the molecule is CN(C)S(=O)(=O)CCNc1ccc(C(=O)O)cc1[N+](=O)[O-]. The summed E-state index contributed by atoms with van der Waals surface area (Å²) in [7, 11) is -0.640. The number of benzene rings is 1. The van der Waals surface area contributed by atoms with Crippen LogP contribution in [0.25, 0.3) is 0 Å². The molecule has 0 radical (unpaired) electrons. The molecule has 2 N–H and O–H groups in total. The molecule has 10 heteroatoms. The van der Waals surface area contributed by atoms with Crippen LogP contribution in [-0.4, -0.2) is 55.1 Å². The number of nitro benzene ring substituents is 1. The summed E-state index contributed by atoms with van der Waals surface area (Å²) in [6.45, 7) is -0.0340. The first-order chi connectivity index (χ1) is 9.65. The maximum absolute atomic E-state index is 11.6. The first-order valence-corrected chi connectivity index (χ1v) is 7.42. The standard InChI is InChI=1S/C11H15N3O6S/c1-13(2)21(19,20)6-5-12-9-4-3-8(11(15)16)7-10(9)14(17)18/h3-4,7,12H,5-6H2,1-2H3,(H,15,16). The van der Waals surface area contributed by atoms with Crippen LogP contribution in [0.2, 0.25) is 0 Å². The highest BCUT2D eigenvalue weighted by Crippen LogP contribution is 2.25. The molecule has 0 bridgehead atoms. The van der Waals surface area contributed by atoms with Crippen LogP contribution in [-0.2, 0) is 10.0 Å². The smallest absolute Gasteiger partial charge is 0.335 e. The number of nitrogens with zero attached hydrogens (tertiary/aromatic N) is 2. The van der Waals surface area contributed by atoms with Gasteiger partial charge in [-0.05, 0) is 12.1 Å². The Labute approximate surface area is 121 Å². The summed E-state index contributed by atoms with van der Waals surface area (Å²) < 4.78 is 24.2. The Hall–Kier alpha value is -2.20. The number of carboxylic acids is 1. The van der Waals surface area contributed by atoms with E-state index in [0.717, 1.165) is 10.4 Å². The first kappa shape index (κ1) is 16.9. The van der Waals surface area contributed by atoms with Gasteiger partial charge in [0.05, 0.1) is 16.2 Å². The minimum atomic E-state index is -3.42. The Morgan fingerprint density at radius 3 is 2.52 bits per heavy atom. The van der Waals surface area contributed by atoms with Gasteiger partial charge in [0, 0.05) is 26.7 Å². The van der Waals surface area contributed by atoms with Crippen LogP contribution in [0.15, 0.2) is 18.2 Å². The van der Waals surface area contributed by atoms with E-state index in [9.17, 15) is 23.3 Å². The lowest BCUT2D eigenvalue weighted by Crippen LogP contribution is -2.28. The summed E-state index contributed by atoms with van der Waals surface area (Å²) in [4.78, 5) is 21.0. The van der Waals surface area contributed by atoms with Crippen molar-refractivity contribution in [1.29, 1.82) is 0 Å². The molecule has 0 saturated carbocycles. The number of nitro groups is 1. The third-order valence-electron chi connectivity index (χ3n) is 2.67. The van der Waals surface area contributed by atoms with Crippen molar-refractivity contribution >= 4 is 27.4 Å². The van der Waals surface area contributed by atoms with Crippen molar-refractivity contribution in [3.63, 3.8) is 0 Å². The Morgan fingerprint density at radius 2 is 2.05 bits per heavy atom. The maximum atomic E-state index is 11.6. The fourth-order valence-corrected chi connectivity index (χ4v) is 2.19. The van der Waals surface area contributed by atoms with Crippen LogP contribution in [0.4, 0.5) is 11.4 Å². The number of hydrogen-bond donors (Lipinski definition) is 2. The van der Waals surface area contributed by atoms with E-state index in [1.165, 1.54) is 26.2 Å². The largest absolute Gasteiger partial charge is 0.478 e. The molecule has 0 atom stereocenters. The maximum Gasteiger partial charge on any atom is 0.335 e. The van der Waals surface area contributed by atoms with Crippen molar-refractivity contribution in [3.05, 3.63) is 33.9 Å². The second-order valence-corrected chi connectivity index (χ2v) is 6.62. The molecule has 0 saturated heterocycles. The molecule has 1 rings (SSSR count). The molecule has 0 aliphatic heterocycles. The molecule has 0 aliphatic carbocycles. The Bertz CT molecular complexity index is 656. The predicted octanol–water partition coefficient (Wildman–Crippen LogP) is 0.596. The number of rotatable bonds is 7. The van der Waals surface area contributed by atoms with Crippen LogP contribution < -0.4 is 5.32 Å². The molecule has 1 aromatic carbocycles. The number of aromatic carboxylic acids is 1. The van der Waals surface area contributed by atoms with Gasteiger partial charge in [0.2, 0.25) is 10.0 Å². The number of carboxylic acid groups (broad SMARTS) is 1. The number of anilines is 1. The number of nitrogens with one attached hydrogen (secondary N) is 1. The van der Waals surface area contributed by atoms with Crippen molar-refractivity contribution in [3.8, 4) is 0 Å². The number of sulfonamides is 1. The monoisotopic (exact) mass is 317 g/mol. The van der Waals surface area contributed by atoms with Gasteiger partial charge in [-0.3, -0.25) is 10.1 Å². The average molecular weight is 317 g/mol. The summed E-state index contributed by atoms with van der Waals surface area (Å²) in [5.74, 6) is -1.52. The van der Waals surface area contributed by atoms with Crippen LogP contribution in [0, 0.1) is 10.1 Å². The van der Waals surface area contributed by atoms with Crippen molar-refractivity contribution in [2.45, 2.75) is 0 Å². The minimum Gasteiger partial charge on any atom is -0.478 e. The quantitative estimate of drug-likeness (QED) is 0.556. The normalized spacial score (nSPS) is 11.4. The van der Waals surface area contributed by atoms with E-state index < -0.39 is 26.6 Å². The van der Waals surface area contributed by atoms with Gasteiger partial charge in [0.1, 0.15) is 5.69 Å². The molecule has 0 heterocycles. The zero-order chi connectivity index (χ0) is 16.2. The van der Waals surface area contributed by atoms with Crippen molar-refractivity contribution in [1.82, 2.24) is 4.31 Å². The molecule has 21 heavy (non-hydrogen) atoms. The number of hydrogen-bond acceptors (Lipinski definition) is 6. The van der Waals surface area contributed by atoms with Gasteiger partial charge in [-0.2, -0.15) is 0 Å². The topological polar surface area (TPSA) is 130 Å². The van der Waals surface area contributed by atoms with Crippen molar-refractivity contribution in [2.24, 2.45) is 0 Å². The van der Waals surface area contributed by atoms with Gasteiger partial charge in [-0.25, -0.2) is 17.5 Å². The van der Waals surface area contributed by atoms with E-state index in [1.54, 1.807) is 0 Å². The molecule has 0 unspecified atom stereocenters. The molecular formula is C11H15N3O6S. The molecule has 0 amide bonds. The lowest BCUT2D eigenvalue weighted by Gasteiger charge is -2.12. The first-order valence-electron chi connectivity index (χ1n) is 5.81. The van der Waals surface area contributed by atoms with E-state index in [1.807, 2.05) is 0 Å². The van der Waals surface area contributed by atoms with Crippen LogP contribution in [0.5, 0.6) is 0 Å². The van der Waals surface area contributed by atoms with Crippen molar-refractivity contribution < 1.29 is 23.2 Å². The lowest BCUT2D eigenvalue weighted by atomic mass is 10.1. The van der Waals surface area contributed by atoms with Crippen LogP contribution >= 0.6 is 0 Å². The molecule has 1 aromatic rings. The molecule has 0 spiro atoms. The zero-order valence-corrected chi connectivity index (χ0v) is 12.3. The summed E-state index contributed by atoms with van der Waals surface area (Å²) >= 11 is 0. The fourth-order valence-electron chi connectivity index (χ4n) is 1.46. The second-order valence-electron chi connectivity index (χ2n) is 4.32. The van der Waals surface area contributed by atoms with Gasteiger partial charge in [-0.15, -0.1) is 0 Å². The molecule has 0 aromatic heterocycles. The fraction of sp³-hybridized carbons (Fsp3) is 0.364. The van der Waals surface area contributed by atoms with Gasteiger partial charge in [-0.1, -0.05) is 0 Å². The molecule has 9 nitrogen and oxygen atoms in total. The van der Waals surface area contributed by atoms with E-state index >= 15 is 0 Å². The Balaban J connectivity index is 2.89. The summed E-state index contributed by atoms with van der Waals surface area (Å²) in [5, 5.41) is 22.3. The highest BCUT2D eigenvalue weighted by atomic mass is 32.2. The third-order valence-corrected chi connectivity index (χ3v) is 4.51. The predicted molar refractivity (Wildman–Crippen MR) is 76.0 cm³/mol. The summed E-state index contributed by atoms with van der Waals surface area (Å²) in [6, 6.07) is 3.37. The number of carbonyl (C=O) groups is 1. The summed E-state index contributed by atoms with van der Waals surface area (Å²) in [6.07, 6.45) is 0. The Morgan fingerprint density at radius 1 is 1.43 bits per heavy atom. The van der Waals surface area contributed by atoms with Crippen molar-refractivity contribution in [2.75, 3.05) is 31.7 Å². The molecular weight excluding hydrogens is 302 g/mol. The van der Waals surface area contributed by atoms with E-state index in [-0.39, 0.29) is 23.5 Å². The van der Waals surface area contributed by atoms with Crippen LogP contribution in [0.3, 0.4) is 0 Å². The molecule has 0 fully saturated rings. The van der Waals surface area contributed by atoms with Gasteiger partial charge < -0.3 is 10.4 Å². The Kier molecular flexibility index (Phi) is 5.22.